The van der Waals surface area contributed by atoms with Gasteiger partial charge in [-0.05, 0) is 16.7 Å². The second-order valence-corrected chi connectivity index (χ2v) is 8.59. The minimum atomic E-state index is -1.73. The van der Waals surface area contributed by atoms with Crippen molar-refractivity contribution in [3.8, 4) is 0 Å². The number of nitrogens with zero attached hydrogens (tertiary/aromatic N) is 2. The molecule has 5 rings (SSSR count). The lowest BCUT2D eigenvalue weighted by Gasteiger charge is -2.41. The summed E-state index contributed by atoms with van der Waals surface area (Å²) in [6, 6.07) is 28.4. The van der Waals surface area contributed by atoms with Crippen LogP contribution in [0.5, 0.6) is 0 Å². The van der Waals surface area contributed by atoms with Crippen LogP contribution >= 0.6 is 0 Å². The third kappa shape index (κ3) is 3.59. The van der Waals surface area contributed by atoms with E-state index in [1.54, 1.807) is 29.2 Å². The van der Waals surface area contributed by atoms with E-state index in [-0.39, 0.29) is 11.5 Å². The van der Waals surface area contributed by atoms with E-state index in [4.69, 9.17) is 4.84 Å². The average Bonchev–Trinajstić information content (AvgIpc) is 3.28. The zero-order valence-electron chi connectivity index (χ0n) is 17.9. The van der Waals surface area contributed by atoms with Crippen molar-refractivity contribution in [2.75, 3.05) is 13.1 Å². The third-order valence-corrected chi connectivity index (χ3v) is 6.60. The van der Waals surface area contributed by atoms with Gasteiger partial charge in [-0.1, -0.05) is 96.2 Å². The van der Waals surface area contributed by atoms with Crippen LogP contribution in [-0.2, 0) is 15.2 Å². The summed E-state index contributed by atoms with van der Waals surface area (Å²) in [4.78, 5) is 21.4. The van der Waals surface area contributed by atoms with Gasteiger partial charge in [-0.3, -0.25) is 4.79 Å². The average molecular weight is 427 g/mol. The Balaban J connectivity index is 1.34. The quantitative estimate of drug-likeness (QED) is 0.683. The summed E-state index contributed by atoms with van der Waals surface area (Å²) < 4.78 is 0. The van der Waals surface area contributed by atoms with E-state index in [0.29, 0.717) is 37.1 Å². The van der Waals surface area contributed by atoms with Crippen LogP contribution in [0.4, 0.5) is 0 Å². The Labute approximate surface area is 187 Å². The van der Waals surface area contributed by atoms with Gasteiger partial charge in [-0.15, -0.1) is 0 Å². The number of oxime groups is 1. The van der Waals surface area contributed by atoms with Crippen molar-refractivity contribution in [3.05, 3.63) is 108 Å². The van der Waals surface area contributed by atoms with Crippen LogP contribution in [0.15, 0.2) is 96.2 Å². The molecule has 0 aromatic heterocycles. The molecule has 5 heteroatoms. The van der Waals surface area contributed by atoms with Crippen LogP contribution in [0.3, 0.4) is 0 Å². The Morgan fingerprint density at radius 2 is 1.34 bits per heavy atom. The molecule has 2 aliphatic rings. The highest BCUT2D eigenvalue weighted by molar-refractivity contribution is 6.01. The van der Waals surface area contributed by atoms with Crippen LogP contribution < -0.4 is 0 Å². The molecule has 3 aromatic carbocycles. The Morgan fingerprint density at radius 1 is 0.844 bits per heavy atom. The van der Waals surface area contributed by atoms with Gasteiger partial charge in [0.25, 0.3) is 5.91 Å². The molecule has 0 unspecified atom stereocenters. The van der Waals surface area contributed by atoms with Crippen LogP contribution in [0.25, 0.3) is 0 Å². The SMILES string of the molecule is O=C(N1CCC2(CC1)CC(c1ccccc1)=NO2)C(O)(c1ccccc1)c1ccccc1. The standard InChI is InChI=1S/C27H26N2O3/c30-25(27(31,22-12-6-2-7-13-22)23-14-8-3-9-15-23)29-18-16-26(17-19-29)20-24(28-32-26)21-10-4-1-5-11-21/h1-15,31H,16-20H2. The molecule has 1 amide bonds. The molecule has 0 bridgehead atoms. The number of rotatable bonds is 4. The van der Waals surface area contributed by atoms with E-state index in [0.717, 1.165) is 17.7 Å². The maximum Gasteiger partial charge on any atom is 0.263 e. The number of likely N-dealkylation sites (tertiary alicyclic amines) is 1. The fraction of sp³-hybridized carbons (Fsp3) is 0.259. The maximum atomic E-state index is 13.7. The van der Waals surface area contributed by atoms with E-state index < -0.39 is 5.60 Å². The topological polar surface area (TPSA) is 62.1 Å². The lowest BCUT2D eigenvalue weighted by molar-refractivity contribution is -0.153. The van der Waals surface area contributed by atoms with Gasteiger partial charge in [0.15, 0.2) is 5.60 Å². The minimum absolute atomic E-state index is 0.299. The summed E-state index contributed by atoms with van der Waals surface area (Å²) in [6.07, 6.45) is 2.09. The highest BCUT2D eigenvalue weighted by Crippen LogP contribution is 2.38. The number of benzene rings is 3. The van der Waals surface area contributed by atoms with Gasteiger partial charge in [0.2, 0.25) is 0 Å². The zero-order valence-corrected chi connectivity index (χ0v) is 17.9. The van der Waals surface area contributed by atoms with Gasteiger partial charge in [0.05, 0.1) is 5.71 Å². The molecule has 3 aromatic rings. The highest BCUT2D eigenvalue weighted by atomic mass is 16.7. The van der Waals surface area contributed by atoms with Crippen molar-refractivity contribution in [2.24, 2.45) is 5.16 Å². The number of hydrogen-bond donors (Lipinski definition) is 1. The van der Waals surface area contributed by atoms with Crippen molar-refractivity contribution in [1.82, 2.24) is 4.90 Å². The summed E-state index contributed by atoms with van der Waals surface area (Å²) in [5.74, 6) is -0.299. The second-order valence-electron chi connectivity index (χ2n) is 8.59. The monoisotopic (exact) mass is 426 g/mol. The second kappa shape index (κ2) is 8.24. The minimum Gasteiger partial charge on any atom is -0.388 e. The Morgan fingerprint density at radius 3 is 1.88 bits per heavy atom. The molecule has 0 aliphatic carbocycles. The third-order valence-electron chi connectivity index (χ3n) is 6.60. The first-order valence-electron chi connectivity index (χ1n) is 11.0. The molecule has 2 aliphatic heterocycles. The van der Waals surface area contributed by atoms with E-state index in [1.807, 2.05) is 66.7 Å². The fourth-order valence-electron chi connectivity index (χ4n) is 4.69. The Hall–Kier alpha value is -3.44. The molecule has 0 radical (unpaired) electrons. The number of amides is 1. The van der Waals surface area contributed by atoms with Crippen molar-refractivity contribution in [2.45, 2.75) is 30.5 Å². The predicted octanol–water partition coefficient (Wildman–Crippen LogP) is 4.11. The summed E-state index contributed by atoms with van der Waals surface area (Å²) in [6.45, 7) is 1.02. The Kier molecular flexibility index (Phi) is 5.27. The van der Waals surface area contributed by atoms with Crippen LogP contribution in [0.1, 0.15) is 36.0 Å². The molecule has 0 saturated carbocycles. The zero-order chi connectivity index (χ0) is 22.0. The van der Waals surface area contributed by atoms with Gasteiger partial charge in [0, 0.05) is 32.4 Å². The first kappa shape index (κ1) is 20.5. The van der Waals surface area contributed by atoms with E-state index >= 15 is 0 Å². The lowest BCUT2D eigenvalue weighted by Crippen LogP contribution is -2.53. The highest BCUT2D eigenvalue weighted by Gasteiger charge is 2.48. The van der Waals surface area contributed by atoms with Crippen LogP contribution in [-0.4, -0.2) is 40.3 Å². The van der Waals surface area contributed by atoms with E-state index in [9.17, 15) is 9.90 Å². The first-order valence-corrected chi connectivity index (χ1v) is 11.0. The van der Waals surface area contributed by atoms with Crippen molar-refractivity contribution < 1.29 is 14.7 Å². The summed E-state index contributed by atoms with van der Waals surface area (Å²) >= 11 is 0. The van der Waals surface area contributed by atoms with Crippen LogP contribution in [0, 0.1) is 0 Å². The molecular formula is C27H26N2O3. The largest absolute Gasteiger partial charge is 0.388 e. The van der Waals surface area contributed by atoms with Gasteiger partial charge in [0.1, 0.15) is 5.60 Å². The van der Waals surface area contributed by atoms with Gasteiger partial charge in [-0.2, -0.15) is 0 Å². The number of carbonyl (C=O) groups excluding carboxylic acids is 1. The number of piperidine rings is 1. The first-order chi connectivity index (χ1) is 15.6. The number of carbonyl (C=O) groups is 1. The van der Waals surface area contributed by atoms with Crippen LogP contribution in [0.2, 0.25) is 0 Å². The smallest absolute Gasteiger partial charge is 0.263 e. The van der Waals surface area contributed by atoms with E-state index in [1.165, 1.54) is 0 Å². The molecule has 0 atom stereocenters. The molecule has 1 fully saturated rings. The van der Waals surface area contributed by atoms with Crippen molar-refractivity contribution in [1.29, 1.82) is 0 Å². The molecule has 1 N–H and O–H groups in total. The summed E-state index contributed by atoms with van der Waals surface area (Å²) in [7, 11) is 0. The van der Waals surface area contributed by atoms with Gasteiger partial charge < -0.3 is 14.8 Å². The fourth-order valence-corrected chi connectivity index (χ4v) is 4.69. The molecule has 5 nitrogen and oxygen atoms in total. The summed E-state index contributed by atoms with van der Waals surface area (Å²) in [5.41, 5.74) is 1.07. The van der Waals surface area contributed by atoms with Gasteiger partial charge in [-0.25, -0.2) is 0 Å². The van der Waals surface area contributed by atoms with Crippen molar-refractivity contribution >= 4 is 11.6 Å². The van der Waals surface area contributed by atoms with Gasteiger partial charge >= 0.3 is 0 Å². The molecular weight excluding hydrogens is 400 g/mol. The lowest BCUT2D eigenvalue weighted by atomic mass is 9.82. The summed E-state index contributed by atoms with van der Waals surface area (Å²) in [5, 5.41) is 16.1. The van der Waals surface area contributed by atoms with E-state index in [2.05, 4.69) is 5.16 Å². The molecule has 32 heavy (non-hydrogen) atoms. The molecule has 1 saturated heterocycles. The molecule has 2 heterocycles. The number of hydrogen-bond acceptors (Lipinski definition) is 4. The predicted molar refractivity (Wildman–Crippen MR) is 123 cm³/mol. The number of aliphatic hydroxyl groups is 1. The molecule has 1 spiro atoms. The van der Waals surface area contributed by atoms with Crippen molar-refractivity contribution in [3.63, 3.8) is 0 Å². The molecule has 162 valence electrons. The maximum absolute atomic E-state index is 13.7. The normalized spacial score (nSPS) is 17.7. The Bertz CT molecular complexity index is 1070.